The normalized spacial score (nSPS) is 13.9. The molecular formula is C6H13BrO. The highest BCUT2D eigenvalue weighted by atomic mass is 79.9. The van der Waals surface area contributed by atoms with Crippen molar-refractivity contribution >= 4 is 15.9 Å². The van der Waals surface area contributed by atoms with Crippen LogP contribution in [0.5, 0.6) is 0 Å². The molecule has 0 aromatic carbocycles. The van der Waals surface area contributed by atoms with E-state index >= 15 is 0 Å². The Balaban J connectivity index is 2.86. The number of alkyl halides is 1. The number of methoxy groups -OCH3 is 1. The molecular weight excluding hydrogens is 168 g/mol. The summed E-state index contributed by atoms with van der Waals surface area (Å²) in [7, 11) is 1.75. The molecule has 0 heterocycles. The zero-order valence-electron chi connectivity index (χ0n) is 5.48. The molecule has 0 saturated heterocycles. The van der Waals surface area contributed by atoms with Gasteiger partial charge in [-0.25, -0.2) is 0 Å². The van der Waals surface area contributed by atoms with E-state index in [1.165, 1.54) is 6.42 Å². The second kappa shape index (κ2) is 5.57. The molecule has 1 nitrogen and oxygen atoms in total. The first kappa shape index (κ1) is 8.44. The van der Waals surface area contributed by atoms with E-state index in [9.17, 15) is 0 Å². The van der Waals surface area contributed by atoms with Crippen molar-refractivity contribution in [3.8, 4) is 0 Å². The van der Waals surface area contributed by atoms with Crippen LogP contribution in [0.15, 0.2) is 0 Å². The maximum Gasteiger partial charge on any atom is 0.0543 e. The molecule has 0 aliphatic heterocycles. The van der Waals surface area contributed by atoms with Crippen molar-refractivity contribution in [1.29, 1.82) is 0 Å². The summed E-state index contributed by atoms with van der Waals surface area (Å²) in [5.74, 6) is 0. The van der Waals surface area contributed by atoms with Gasteiger partial charge in [0.15, 0.2) is 0 Å². The molecule has 0 aliphatic rings. The van der Waals surface area contributed by atoms with Crippen molar-refractivity contribution in [3.63, 3.8) is 0 Å². The van der Waals surface area contributed by atoms with Crippen LogP contribution in [0.25, 0.3) is 0 Å². The van der Waals surface area contributed by atoms with E-state index < -0.39 is 0 Å². The highest BCUT2D eigenvalue weighted by Gasteiger charge is 1.95. The molecule has 0 aliphatic carbocycles. The van der Waals surface area contributed by atoms with E-state index in [2.05, 4.69) is 22.9 Å². The van der Waals surface area contributed by atoms with Gasteiger partial charge in [0.25, 0.3) is 0 Å². The predicted molar refractivity (Wildman–Crippen MR) is 39.5 cm³/mol. The van der Waals surface area contributed by atoms with Gasteiger partial charge in [0.1, 0.15) is 0 Å². The standard InChI is InChI=1S/C6H13BrO/c1-6(8-2)4-3-5-7/h6H,3-5H2,1-2H3. The van der Waals surface area contributed by atoms with Gasteiger partial charge in [-0.1, -0.05) is 15.9 Å². The van der Waals surface area contributed by atoms with Gasteiger partial charge in [0.05, 0.1) is 6.10 Å². The van der Waals surface area contributed by atoms with E-state index in [1.54, 1.807) is 7.11 Å². The van der Waals surface area contributed by atoms with Gasteiger partial charge in [-0.2, -0.15) is 0 Å². The molecule has 0 spiro atoms. The molecule has 0 bridgehead atoms. The molecule has 0 saturated carbocycles. The zero-order chi connectivity index (χ0) is 6.41. The summed E-state index contributed by atoms with van der Waals surface area (Å²) in [6.45, 7) is 2.09. The fraction of sp³-hybridized carbons (Fsp3) is 1.00. The van der Waals surface area contributed by atoms with Crippen LogP contribution in [0.1, 0.15) is 19.8 Å². The molecule has 0 radical (unpaired) electrons. The van der Waals surface area contributed by atoms with Gasteiger partial charge in [-0.15, -0.1) is 0 Å². The van der Waals surface area contributed by atoms with E-state index in [0.29, 0.717) is 6.10 Å². The van der Waals surface area contributed by atoms with Crippen LogP contribution in [0.4, 0.5) is 0 Å². The lowest BCUT2D eigenvalue weighted by molar-refractivity contribution is 0.110. The Hall–Kier alpha value is 0.440. The molecule has 0 amide bonds. The van der Waals surface area contributed by atoms with Gasteiger partial charge in [0, 0.05) is 12.4 Å². The number of hydrogen-bond acceptors (Lipinski definition) is 1. The fourth-order valence-electron chi connectivity index (χ4n) is 0.482. The Morgan fingerprint density at radius 3 is 2.62 bits per heavy atom. The molecule has 0 N–H and O–H groups in total. The summed E-state index contributed by atoms with van der Waals surface area (Å²) in [5, 5.41) is 1.08. The van der Waals surface area contributed by atoms with Crippen LogP contribution in [0.2, 0.25) is 0 Å². The van der Waals surface area contributed by atoms with Gasteiger partial charge in [0.2, 0.25) is 0 Å². The van der Waals surface area contributed by atoms with Crippen LogP contribution in [0.3, 0.4) is 0 Å². The highest BCUT2D eigenvalue weighted by Crippen LogP contribution is 2.00. The predicted octanol–water partition coefficient (Wildman–Crippen LogP) is 2.20. The summed E-state index contributed by atoms with van der Waals surface area (Å²) >= 11 is 3.35. The van der Waals surface area contributed by atoms with Gasteiger partial charge < -0.3 is 4.74 Å². The van der Waals surface area contributed by atoms with Crippen LogP contribution in [-0.2, 0) is 4.74 Å². The van der Waals surface area contributed by atoms with Crippen LogP contribution in [-0.4, -0.2) is 18.5 Å². The smallest absolute Gasteiger partial charge is 0.0543 e. The molecule has 0 rings (SSSR count). The first-order chi connectivity index (χ1) is 3.81. The SMILES string of the molecule is COC(C)CCCBr. The minimum absolute atomic E-state index is 0.424. The van der Waals surface area contributed by atoms with E-state index in [-0.39, 0.29) is 0 Å². The largest absolute Gasteiger partial charge is 0.382 e. The van der Waals surface area contributed by atoms with Crippen LogP contribution >= 0.6 is 15.9 Å². The minimum Gasteiger partial charge on any atom is -0.382 e. The Morgan fingerprint density at radius 2 is 2.25 bits per heavy atom. The third kappa shape index (κ3) is 4.60. The fourth-order valence-corrected chi connectivity index (χ4v) is 0.806. The number of ether oxygens (including phenoxy) is 1. The Labute approximate surface area is 59.5 Å². The van der Waals surface area contributed by atoms with Crippen molar-refractivity contribution in [1.82, 2.24) is 0 Å². The lowest BCUT2D eigenvalue weighted by atomic mass is 10.2. The lowest BCUT2D eigenvalue weighted by Gasteiger charge is -2.05. The molecule has 0 aromatic rings. The summed E-state index contributed by atoms with van der Waals surface area (Å²) in [6, 6.07) is 0. The first-order valence-corrected chi connectivity index (χ1v) is 4.02. The maximum atomic E-state index is 5.03. The summed E-state index contributed by atoms with van der Waals surface area (Å²) < 4.78 is 5.03. The van der Waals surface area contributed by atoms with Crippen molar-refractivity contribution in [2.75, 3.05) is 12.4 Å². The van der Waals surface area contributed by atoms with Crippen molar-refractivity contribution in [2.45, 2.75) is 25.9 Å². The third-order valence-electron chi connectivity index (χ3n) is 1.15. The monoisotopic (exact) mass is 180 g/mol. The second-order valence-corrected chi connectivity index (χ2v) is 2.67. The molecule has 1 atom stereocenters. The summed E-state index contributed by atoms with van der Waals surface area (Å²) in [4.78, 5) is 0. The number of rotatable bonds is 4. The maximum absolute atomic E-state index is 5.03. The number of halogens is 1. The quantitative estimate of drug-likeness (QED) is 0.604. The van der Waals surface area contributed by atoms with Crippen LogP contribution in [0, 0.1) is 0 Å². The van der Waals surface area contributed by atoms with E-state index in [1.807, 2.05) is 0 Å². The molecule has 1 unspecified atom stereocenters. The summed E-state index contributed by atoms with van der Waals surface area (Å²) in [5.41, 5.74) is 0. The average Bonchev–Trinajstić information content (AvgIpc) is 1.83. The zero-order valence-corrected chi connectivity index (χ0v) is 7.07. The summed E-state index contributed by atoms with van der Waals surface area (Å²) in [6.07, 6.45) is 2.78. The Bertz CT molecular complexity index is 47.8. The molecule has 0 fully saturated rings. The molecule has 50 valence electrons. The Kier molecular flexibility index (Phi) is 5.88. The van der Waals surface area contributed by atoms with Crippen molar-refractivity contribution < 1.29 is 4.74 Å². The topological polar surface area (TPSA) is 9.23 Å². The first-order valence-electron chi connectivity index (χ1n) is 2.90. The molecule has 0 aromatic heterocycles. The van der Waals surface area contributed by atoms with Crippen molar-refractivity contribution in [3.05, 3.63) is 0 Å². The van der Waals surface area contributed by atoms with Gasteiger partial charge in [-0.05, 0) is 19.8 Å². The third-order valence-corrected chi connectivity index (χ3v) is 1.71. The average molecular weight is 181 g/mol. The van der Waals surface area contributed by atoms with Crippen LogP contribution < -0.4 is 0 Å². The molecule has 8 heavy (non-hydrogen) atoms. The second-order valence-electron chi connectivity index (χ2n) is 1.88. The number of hydrogen-bond donors (Lipinski definition) is 0. The van der Waals surface area contributed by atoms with Gasteiger partial charge >= 0.3 is 0 Å². The van der Waals surface area contributed by atoms with E-state index in [4.69, 9.17) is 4.74 Å². The highest BCUT2D eigenvalue weighted by molar-refractivity contribution is 9.09. The minimum atomic E-state index is 0.424. The Morgan fingerprint density at radius 1 is 1.62 bits per heavy atom. The lowest BCUT2D eigenvalue weighted by Crippen LogP contribution is -2.03. The van der Waals surface area contributed by atoms with Crippen molar-refractivity contribution in [2.24, 2.45) is 0 Å². The van der Waals surface area contributed by atoms with E-state index in [0.717, 1.165) is 11.8 Å². The molecule has 2 heteroatoms. The van der Waals surface area contributed by atoms with Gasteiger partial charge in [-0.3, -0.25) is 0 Å².